The van der Waals surface area contributed by atoms with E-state index in [1.807, 2.05) is 35.2 Å². The number of halogens is 2. The number of benzene rings is 4. The lowest BCUT2D eigenvalue weighted by Gasteiger charge is -2.32. The number of likely N-dealkylation sites (tertiary alicyclic amines) is 1. The number of piperidine rings is 1. The highest BCUT2D eigenvalue weighted by Gasteiger charge is 2.29. The number of hydrogen-bond acceptors (Lipinski definition) is 4. The van der Waals surface area contributed by atoms with Gasteiger partial charge in [0.1, 0.15) is 17.5 Å². The molecule has 0 saturated carbocycles. The lowest BCUT2D eigenvalue weighted by Crippen LogP contribution is -2.38. The van der Waals surface area contributed by atoms with Crippen LogP contribution in [0.3, 0.4) is 0 Å². The minimum atomic E-state index is -0.369. The predicted molar refractivity (Wildman–Crippen MR) is 157 cm³/mol. The number of carbonyl (C=O) groups excluding carboxylic acids is 1. The number of fused-ring (bicyclic) bond motifs is 1. The second-order valence-electron chi connectivity index (χ2n) is 10.3. The van der Waals surface area contributed by atoms with Gasteiger partial charge >= 0.3 is 0 Å². The van der Waals surface area contributed by atoms with Gasteiger partial charge < -0.3 is 20.2 Å². The number of amides is 1. The number of carbonyl (C=O) groups is 1. The van der Waals surface area contributed by atoms with Gasteiger partial charge in [-0.3, -0.25) is 4.79 Å². The van der Waals surface area contributed by atoms with E-state index in [1.54, 1.807) is 42.5 Å². The van der Waals surface area contributed by atoms with Crippen LogP contribution in [-0.4, -0.2) is 39.7 Å². The van der Waals surface area contributed by atoms with Crippen molar-refractivity contribution in [3.05, 3.63) is 125 Å². The summed E-state index contributed by atoms with van der Waals surface area (Å²) >= 11 is 0. The molecular formula is C33H29F2N5O. The highest BCUT2D eigenvalue weighted by Crippen LogP contribution is 2.32. The van der Waals surface area contributed by atoms with Crippen LogP contribution in [0.5, 0.6) is 0 Å². The number of imidazole rings is 1. The van der Waals surface area contributed by atoms with Crippen molar-refractivity contribution in [3.63, 3.8) is 0 Å². The Morgan fingerprint density at radius 2 is 1.66 bits per heavy atom. The predicted octanol–water partition coefficient (Wildman–Crippen LogP) is 7.12. The molecular weight excluding hydrogens is 520 g/mol. The monoisotopic (exact) mass is 549 g/mol. The molecule has 1 aliphatic heterocycles. The summed E-state index contributed by atoms with van der Waals surface area (Å²) in [5.74, 6) is 0.316. The lowest BCUT2D eigenvalue weighted by molar-refractivity contribution is 0.0710. The van der Waals surface area contributed by atoms with Crippen molar-refractivity contribution in [3.8, 4) is 0 Å². The van der Waals surface area contributed by atoms with Gasteiger partial charge in [0.05, 0.1) is 16.6 Å². The van der Waals surface area contributed by atoms with Crippen molar-refractivity contribution < 1.29 is 13.6 Å². The first kappa shape index (κ1) is 26.4. The molecule has 0 aliphatic carbocycles. The lowest BCUT2D eigenvalue weighted by atomic mass is 9.94. The Morgan fingerprint density at radius 1 is 0.927 bits per heavy atom. The molecule has 0 atom stereocenters. The fourth-order valence-electron chi connectivity index (χ4n) is 5.64. The smallest absolute Gasteiger partial charge is 0.254 e. The molecule has 6 rings (SSSR count). The standard InChI is InChI=1S/C33H29F2N5O/c34-24-7-3-6-22(18-24)21-40-31-13-2-1-11-30(31)38-32(40)23-14-16-39(17-15-23)33(41)27-10-5-12-29(28(27)20-36)37-26-9-4-8-25(35)19-26/h1-13,18-20,23,36-37H,14-17,21H2. The molecule has 1 saturated heterocycles. The second-order valence-corrected chi connectivity index (χ2v) is 10.3. The third kappa shape index (κ3) is 5.45. The maximum absolute atomic E-state index is 13.9. The molecule has 0 unspecified atom stereocenters. The number of aromatic nitrogens is 2. The molecule has 206 valence electrons. The summed E-state index contributed by atoms with van der Waals surface area (Å²) in [5.41, 5.74) is 4.77. The summed E-state index contributed by atoms with van der Waals surface area (Å²) in [6.07, 6.45) is 2.63. The number of nitrogens with zero attached hydrogens (tertiary/aromatic N) is 3. The maximum Gasteiger partial charge on any atom is 0.254 e. The van der Waals surface area contributed by atoms with Gasteiger partial charge in [-0.1, -0.05) is 36.4 Å². The molecule has 1 aliphatic rings. The largest absolute Gasteiger partial charge is 0.355 e. The van der Waals surface area contributed by atoms with Gasteiger partial charge in [-0.15, -0.1) is 0 Å². The molecule has 6 nitrogen and oxygen atoms in total. The quantitative estimate of drug-likeness (QED) is 0.212. The molecule has 4 aromatic carbocycles. The fraction of sp³-hybridized carbons (Fsp3) is 0.182. The molecule has 41 heavy (non-hydrogen) atoms. The van der Waals surface area contributed by atoms with E-state index in [-0.39, 0.29) is 23.5 Å². The summed E-state index contributed by atoms with van der Waals surface area (Å²) in [7, 11) is 0. The minimum absolute atomic E-state index is 0.141. The maximum atomic E-state index is 13.9. The van der Waals surface area contributed by atoms with Crippen molar-refractivity contribution in [1.82, 2.24) is 14.5 Å². The summed E-state index contributed by atoms with van der Waals surface area (Å²) in [6, 6.07) is 25.9. The molecule has 0 radical (unpaired) electrons. The van der Waals surface area contributed by atoms with Crippen LogP contribution in [0.1, 0.15) is 46.1 Å². The second kappa shape index (κ2) is 11.3. The van der Waals surface area contributed by atoms with Crippen LogP contribution in [-0.2, 0) is 6.54 Å². The van der Waals surface area contributed by atoms with Crippen molar-refractivity contribution in [1.29, 1.82) is 5.41 Å². The topological polar surface area (TPSA) is 74.0 Å². The van der Waals surface area contributed by atoms with Gasteiger partial charge in [0, 0.05) is 48.7 Å². The van der Waals surface area contributed by atoms with Crippen LogP contribution < -0.4 is 5.32 Å². The van der Waals surface area contributed by atoms with E-state index in [2.05, 4.69) is 9.88 Å². The van der Waals surface area contributed by atoms with Gasteiger partial charge in [-0.05, 0) is 73.0 Å². The molecule has 8 heteroatoms. The third-order valence-corrected chi connectivity index (χ3v) is 7.65. The SMILES string of the molecule is N=Cc1c(Nc2cccc(F)c2)cccc1C(=O)N1CCC(c2nc3ccccc3n2Cc2cccc(F)c2)CC1. The van der Waals surface area contributed by atoms with Gasteiger partial charge in [0.2, 0.25) is 0 Å². The molecule has 2 N–H and O–H groups in total. The van der Waals surface area contributed by atoms with Crippen molar-refractivity contribution in [2.24, 2.45) is 0 Å². The first-order valence-corrected chi connectivity index (χ1v) is 13.6. The fourth-order valence-corrected chi connectivity index (χ4v) is 5.64. The van der Waals surface area contributed by atoms with Crippen molar-refractivity contribution >= 4 is 34.5 Å². The van der Waals surface area contributed by atoms with Crippen LogP contribution in [0.4, 0.5) is 20.2 Å². The molecule has 1 fully saturated rings. The summed E-state index contributed by atoms with van der Waals surface area (Å²) in [4.78, 5) is 20.4. The molecule has 1 amide bonds. The minimum Gasteiger partial charge on any atom is -0.355 e. The van der Waals surface area contributed by atoms with E-state index in [1.165, 1.54) is 18.2 Å². The normalized spacial score (nSPS) is 13.9. The Labute approximate surface area is 236 Å². The van der Waals surface area contributed by atoms with Crippen LogP contribution in [0.2, 0.25) is 0 Å². The first-order chi connectivity index (χ1) is 20.0. The molecule has 0 spiro atoms. The summed E-state index contributed by atoms with van der Waals surface area (Å²) < 4.78 is 29.8. The third-order valence-electron chi connectivity index (χ3n) is 7.65. The zero-order valence-electron chi connectivity index (χ0n) is 22.4. The van der Waals surface area contributed by atoms with E-state index in [0.717, 1.165) is 41.5 Å². The summed E-state index contributed by atoms with van der Waals surface area (Å²) in [6.45, 7) is 1.61. The zero-order valence-corrected chi connectivity index (χ0v) is 22.4. The van der Waals surface area contributed by atoms with Gasteiger partial charge in [-0.25, -0.2) is 13.8 Å². The first-order valence-electron chi connectivity index (χ1n) is 13.6. The Kier molecular flexibility index (Phi) is 7.29. The molecule has 2 heterocycles. The van der Waals surface area contributed by atoms with E-state index < -0.39 is 0 Å². The average molecular weight is 550 g/mol. The van der Waals surface area contributed by atoms with Gasteiger partial charge in [0.25, 0.3) is 5.91 Å². The number of nitrogens with one attached hydrogen (secondary N) is 2. The average Bonchev–Trinajstić information content (AvgIpc) is 3.35. The molecule has 5 aromatic rings. The van der Waals surface area contributed by atoms with Crippen molar-refractivity contribution in [2.75, 3.05) is 18.4 Å². The van der Waals surface area contributed by atoms with E-state index in [9.17, 15) is 13.6 Å². The number of para-hydroxylation sites is 2. The molecule has 1 aromatic heterocycles. The van der Waals surface area contributed by atoms with Crippen LogP contribution in [0.25, 0.3) is 11.0 Å². The van der Waals surface area contributed by atoms with Crippen LogP contribution in [0.15, 0.2) is 91.0 Å². The number of hydrogen-bond donors (Lipinski definition) is 2. The zero-order chi connectivity index (χ0) is 28.3. The Balaban J connectivity index is 1.22. The number of anilines is 2. The van der Waals surface area contributed by atoms with Gasteiger partial charge in [0.15, 0.2) is 0 Å². The van der Waals surface area contributed by atoms with E-state index >= 15 is 0 Å². The van der Waals surface area contributed by atoms with Crippen molar-refractivity contribution in [2.45, 2.75) is 25.3 Å². The summed E-state index contributed by atoms with van der Waals surface area (Å²) in [5, 5.41) is 11.2. The molecule has 0 bridgehead atoms. The highest BCUT2D eigenvalue weighted by molar-refractivity contribution is 6.05. The Bertz CT molecular complexity index is 1740. The number of rotatable bonds is 7. The van der Waals surface area contributed by atoms with Crippen LogP contribution >= 0.6 is 0 Å². The van der Waals surface area contributed by atoms with E-state index in [0.29, 0.717) is 42.1 Å². The van der Waals surface area contributed by atoms with Gasteiger partial charge in [-0.2, -0.15) is 0 Å². The Morgan fingerprint density at radius 3 is 2.41 bits per heavy atom. The Hall–Kier alpha value is -4.85. The highest BCUT2D eigenvalue weighted by atomic mass is 19.1. The van der Waals surface area contributed by atoms with E-state index in [4.69, 9.17) is 10.4 Å². The van der Waals surface area contributed by atoms with Crippen LogP contribution in [0, 0.1) is 17.0 Å².